The zero-order valence-electron chi connectivity index (χ0n) is 12.8. The van der Waals surface area contributed by atoms with Crippen LogP contribution in [0, 0.1) is 11.6 Å². The van der Waals surface area contributed by atoms with Crippen LogP contribution >= 0.6 is 22.7 Å². The van der Waals surface area contributed by atoms with Crippen molar-refractivity contribution in [2.45, 2.75) is 6.10 Å². The maximum atomic E-state index is 13.5. The number of carbonyl (C=O) groups is 1. The van der Waals surface area contributed by atoms with Crippen molar-refractivity contribution in [1.82, 2.24) is 5.32 Å². The van der Waals surface area contributed by atoms with E-state index in [1.54, 1.807) is 17.4 Å². The number of hydrogen-bond donors (Lipinski definition) is 3. The summed E-state index contributed by atoms with van der Waals surface area (Å²) < 4.78 is 27.0. The number of anilines is 1. The molecule has 0 aliphatic carbocycles. The van der Waals surface area contributed by atoms with Crippen molar-refractivity contribution in [2.75, 3.05) is 11.9 Å². The van der Waals surface area contributed by atoms with Crippen LogP contribution in [0.3, 0.4) is 0 Å². The first-order valence-corrected chi connectivity index (χ1v) is 9.05. The van der Waals surface area contributed by atoms with E-state index in [0.717, 1.165) is 21.9 Å². The lowest BCUT2D eigenvalue weighted by atomic mass is 10.3. The molecule has 0 bridgehead atoms. The maximum Gasteiger partial charge on any atom is 0.319 e. The maximum absolute atomic E-state index is 13.5. The fraction of sp³-hybridized carbons (Fsp3) is 0.118. The number of para-hydroxylation sites is 1. The van der Waals surface area contributed by atoms with E-state index < -0.39 is 29.5 Å². The average Bonchev–Trinajstić information content (AvgIpc) is 3.27. The van der Waals surface area contributed by atoms with Crippen LogP contribution in [0.25, 0.3) is 9.75 Å². The third kappa shape index (κ3) is 4.22. The minimum Gasteiger partial charge on any atom is -0.386 e. The van der Waals surface area contributed by atoms with Crippen molar-refractivity contribution in [3.63, 3.8) is 0 Å². The molecule has 0 saturated carbocycles. The van der Waals surface area contributed by atoms with E-state index in [1.807, 2.05) is 23.6 Å². The van der Waals surface area contributed by atoms with Crippen LogP contribution in [0.2, 0.25) is 0 Å². The number of aliphatic hydroxyl groups is 1. The molecule has 0 aliphatic heterocycles. The van der Waals surface area contributed by atoms with Crippen molar-refractivity contribution in [2.24, 2.45) is 0 Å². The van der Waals surface area contributed by atoms with E-state index >= 15 is 0 Å². The lowest BCUT2D eigenvalue weighted by Crippen LogP contribution is -2.32. The Hall–Kier alpha value is -2.29. The van der Waals surface area contributed by atoms with Crippen molar-refractivity contribution in [3.8, 4) is 9.75 Å². The van der Waals surface area contributed by atoms with E-state index in [9.17, 15) is 18.7 Å². The predicted octanol–water partition coefficient (Wildman–Crippen LogP) is 4.61. The quantitative estimate of drug-likeness (QED) is 0.605. The number of nitrogens with one attached hydrogen (secondary N) is 2. The number of halogens is 2. The summed E-state index contributed by atoms with van der Waals surface area (Å²) >= 11 is 3.03. The van der Waals surface area contributed by atoms with Crippen LogP contribution in [-0.4, -0.2) is 17.7 Å². The standard InChI is InChI=1S/C17H14F2N2O2S2/c18-10-3-1-4-11(19)16(10)21-17(23)20-9-12(22)13-6-7-15(25-13)14-5-2-8-24-14/h1-8,12,22H,9H2,(H2,20,21,23). The Morgan fingerprint density at radius 2 is 1.84 bits per heavy atom. The van der Waals surface area contributed by atoms with Gasteiger partial charge in [0, 0.05) is 14.6 Å². The molecule has 3 aromatic rings. The summed E-state index contributed by atoms with van der Waals surface area (Å²) in [5.74, 6) is -1.73. The van der Waals surface area contributed by atoms with Crippen molar-refractivity contribution < 1.29 is 18.7 Å². The molecule has 0 saturated heterocycles. The summed E-state index contributed by atoms with van der Waals surface area (Å²) in [4.78, 5) is 14.6. The number of carbonyl (C=O) groups excluding carboxylic acids is 1. The third-order valence-corrected chi connectivity index (χ3v) is 5.63. The second kappa shape index (κ2) is 7.73. The zero-order valence-corrected chi connectivity index (χ0v) is 14.5. The number of aliphatic hydroxyl groups excluding tert-OH is 1. The SMILES string of the molecule is O=C(NCC(O)c1ccc(-c2cccs2)s1)Nc1c(F)cccc1F. The van der Waals surface area contributed by atoms with Gasteiger partial charge < -0.3 is 15.7 Å². The Morgan fingerprint density at radius 1 is 1.08 bits per heavy atom. The molecule has 1 unspecified atom stereocenters. The molecule has 2 heterocycles. The molecular weight excluding hydrogens is 366 g/mol. The topological polar surface area (TPSA) is 61.4 Å². The Morgan fingerprint density at radius 3 is 2.52 bits per heavy atom. The molecular formula is C17H14F2N2O2S2. The van der Waals surface area contributed by atoms with Gasteiger partial charge in [-0.2, -0.15) is 0 Å². The number of rotatable bonds is 5. The lowest BCUT2D eigenvalue weighted by molar-refractivity contribution is 0.178. The molecule has 2 amide bonds. The Kier molecular flexibility index (Phi) is 5.42. The van der Waals surface area contributed by atoms with Gasteiger partial charge in [-0.25, -0.2) is 13.6 Å². The van der Waals surface area contributed by atoms with E-state index in [4.69, 9.17) is 0 Å². The molecule has 130 valence electrons. The molecule has 4 nitrogen and oxygen atoms in total. The van der Waals surface area contributed by atoms with Gasteiger partial charge in [0.2, 0.25) is 0 Å². The number of amides is 2. The number of urea groups is 1. The van der Waals surface area contributed by atoms with Gasteiger partial charge >= 0.3 is 6.03 Å². The first-order valence-electron chi connectivity index (χ1n) is 7.35. The highest BCUT2D eigenvalue weighted by Gasteiger charge is 2.15. The lowest BCUT2D eigenvalue weighted by Gasteiger charge is -2.12. The van der Waals surface area contributed by atoms with Crippen LogP contribution in [0.15, 0.2) is 47.8 Å². The highest BCUT2D eigenvalue weighted by Crippen LogP contribution is 2.33. The molecule has 0 spiro atoms. The molecule has 0 aliphatic rings. The minimum atomic E-state index is -0.907. The normalized spacial score (nSPS) is 12.0. The Labute approximate surface area is 150 Å². The van der Waals surface area contributed by atoms with Gasteiger partial charge in [-0.15, -0.1) is 22.7 Å². The zero-order chi connectivity index (χ0) is 17.8. The van der Waals surface area contributed by atoms with E-state index in [1.165, 1.54) is 17.4 Å². The molecule has 2 aromatic heterocycles. The second-order valence-corrected chi connectivity index (χ2v) is 7.19. The van der Waals surface area contributed by atoms with Crippen LogP contribution in [-0.2, 0) is 0 Å². The molecule has 8 heteroatoms. The van der Waals surface area contributed by atoms with Gasteiger partial charge in [-0.05, 0) is 35.7 Å². The van der Waals surface area contributed by atoms with Gasteiger partial charge in [0.1, 0.15) is 23.4 Å². The summed E-state index contributed by atoms with van der Waals surface area (Å²) in [7, 11) is 0. The van der Waals surface area contributed by atoms with Gasteiger partial charge in [-0.1, -0.05) is 12.1 Å². The number of benzene rings is 1. The van der Waals surface area contributed by atoms with E-state index in [-0.39, 0.29) is 6.54 Å². The first-order chi connectivity index (χ1) is 12.0. The van der Waals surface area contributed by atoms with Crippen molar-refractivity contribution in [3.05, 3.63) is 64.4 Å². The molecule has 3 N–H and O–H groups in total. The van der Waals surface area contributed by atoms with Gasteiger partial charge in [0.15, 0.2) is 0 Å². The van der Waals surface area contributed by atoms with Crippen LogP contribution < -0.4 is 10.6 Å². The molecule has 1 aromatic carbocycles. The summed E-state index contributed by atoms with van der Waals surface area (Å²) in [6, 6.07) is 10.1. The highest BCUT2D eigenvalue weighted by molar-refractivity contribution is 7.21. The van der Waals surface area contributed by atoms with Gasteiger partial charge in [0.25, 0.3) is 0 Å². The molecule has 25 heavy (non-hydrogen) atoms. The predicted molar refractivity (Wildman–Crippen MR) is 96.0 cm³/mol. The Bertz CT molecular complexity index is 845. The second-order valence-electron chi connectivity index (χ2n) is 5.13. The van der Waals surface area contributed by atoms with Crippen LogP contribution in [0.5, 0.6) is 0 Å². The molecule has 3 rings (SSSR count). The average molecular weight is 380 g/mol. The smallest absolute Gasteiger partial charge is 0.319 e. The van der Waals surface area contributed by atoms with E-state index in [0.29, 0.717) is 4.88 Å². The fourth-order valence-electron chi connectivity index (χ4n) is 2.15. The van der Waals surface area contributed by atoms with Gasteiger partial charge in [-0.3, -0.25) is 0 Å². The monoisotopic (exact) mass is 380 g/mol. The minimum absolute atomic E-state index is 0.0771. The summed E-state index contributed by atoms with van der Waals surface area (Å²) in [5.41, 5.74) is -0.523. The van der Waals surface area contributed by atoms with Crippen molar-refractivity contribution >= 4 is 34.4 Å². The molecule has 0 fully saturated rings. The summed E-state index contributed by atoms with van der Waals surface area (Å²) in [6.45, 7) is -0.0771. The highest BCUT2D eigenvalue weighted by atomic mass is 32.1. The summed E-state index contributed by atoms with van der Waals surface area (Å²) in [5, 5.41) is 16.7. The number of thiophene rings is 2. The Balaban J connectivity index is 1.57. The fourth-order valence-corrected chi connectivity index (χ4v) is 3.98. The summed E-state index contributed by atoms with van der Waals surface area (Å²) in [6.07, 6.45) is -0.907. The third-order valence-electron chi connectivity index (χ3n) is 3.38. The molecule has 0 radical (unpaired) electrons. The van der Waals surface area contributed by atoms with Crippen molar-refractivity contribution in [1.29, 1.82) is 0 Å². The van der Waals surface area contributed by atoms with E-state index in [2.05, 4.69) is 10.6 Å². The number of hydrogen-bond acceptors (Lipinski definition) is 4. The van der Waals surface area contributed by atoms with Crippen LogP contribution in [0.1, 0.15) is 11.0 Å². The van der Waals surface area contributed by atoms with Crippen LogP contribution in [0.4, 0.5) is 19.3 Å². The van der Waals surface area contributed by atoms with Gasteiger partial charge in [0.05, 0.1) is 6.54 Å². The molecule has 1 atom stereocenters. The largest absolute Gasteiger partial charge is 0.386 e. The first kappa shape index (κ1) is 17.5.